The van der Waals surface area contributed by atoms with Crippen molar-refractivity contribution in [1.82, 2.24) is 10.3 Å². The quantitative estimate of drug-likeness (QED) is 0.680. The summed E-state index contributed by atoms with van der Waals surface area (Å²) in [6, 6.07) is 0.0729. The van der Waals surface area contributed by atoms with Crippen LogP contribution in [0.2, 0.25) is 0 Å². The van der Waals surface area contributed by atoms with E-state index in [4.69, 9.17) is 0 Å². The largest absolute Gasteiger partial charge is 0.391 e. The topological polar surface area (TPSA) is 45.1 Å². The van der Waals surface area contributed by atoms with Gasteiger partial charge in [0.2, 0.25) is 0 Å². The highest BCUT2D eigenvalue weighted by Crippen LogP contribution is 2.25. The molecule has 0 spiro atoms. The maximum atomic E-state index is 9.56. The van der Waals surface area contributed by atoms with Gasteiger partial charge in [-0.1, -0.05) is 0 Å². The molecule has 3 nitrogen and oxygen atoms in total. The minimum Gasteiger partial charge on any atom is -0.391 e. The summed E-state index contributed by atoms with van der Waals surface area (Å²) < 4.78 is 0. The van der Waals surface area contributed by atoms with Gasteiger partial charge in [-0.2, -0.15) is 0 Å². The number of hydrogen-bond donors (Lipinski definition) is 2. The lowest BCUT2D eigenvalue weighted by atomic mass is 10.2. The predicted molar refractivity (Wildman–Crippen MR) is 48.2 cm³/mol. The van der Waals surface area contributed by atoms with Gasteiger partial charge in [0, 0.05) is 11.1 Å². The third-order valence-electron chi connectivity index (χ3n) is 2.09. The highest BCUT2D eigenvalue weighted by Gasteiger charge is 2.28. The Balaban J connectivity index is 2.19. The van der Waals surface area contributed by atoms with Crippen LogP contribution in [0.1, 0.15) is 23.2 Å². The van der Waals surface area contributed by atoms with Gasteiger partial charge in [0.15, 0.2) is 0 Å². The second-order valence-corrected chi connectivity index (χ2v) is 4.00. The van der Waals surface area contributed by atoms with E-state index in [1.807, 2.05) is 12.3 Å². The predicted octanol–water partition coefficient (Wildman–Crippen LogP) is 0.847. The molecule has 1 aliphatic rings. The molecular weight excluding hydrogens is 172 g/mol. The van der Waals surface area contributed by atoms with Crippen LogP contribution < -0.4 is 5.32 Å². The van der Waals surface area contributed by atoms with Crippen molar-refractivity contribution in [3.8, 4) is 0 Å². The molecule has 1 aromatic rings. The van der Waals surface area contributed by atoms with Crippen LogP contribution in [-0.2, 0) is 0 Å². The van der Waals surface area contributed by atoms with E-state index in [0.717, 1.165) is 23.7 Å². The number of rotatable bonds is 1. The van der Waals surface area contributed by atoms with E-state index < -0.39 is 0 Å². The van der Waals surface area contributed by atoms with Gasteiger partial charge in [-0.3, -0.25) is 0 Å². The van der Waals surface area contributed by atoms with Crippen LogP contribution in [0.3, 0.4) is 0 Å². The summed E-state index contributed by atoms with van der Waals surface area (Å²) in [4.78, 5) is 4.34. The molecule has 1 aliphatic heterocycles. The van der Waals surface area contributed by atoms with Crippen molar-refractivity contribution >= 4 is 11.3 Å². The van der Waals surface area contributed by atoms with Crippen LogP contribution in [0.5, 0.6) is 0 Å². The summed E-state index contributed by atoms with van der Waals surface area (Å²) >= 11 is 1.62. The molecule has 2 atom stereocenters. The van der Waals surface area contributed by atoms with E-state index >= 15 is 0 Å². The maximum Gasteiger partial charge on any atom is 0.112 e. The lowest BCUT2D eigenvalue weighted by Gasteiger charge is -2.10. The fraction of sp³-hybridized carbons (Fsp3) is 0.625. The minimum atomic E-state index is -0.254. The molecule has 0 bridgehead atoms. The Hall–Kier alpha value is -0.450. The first-order chi connectivity index (χ1) is 5.77. The normalized spacial score (nSPS) is 29.5. The van der Waals surface area contributed by atoms with Crippen molar-refractivity contribution < 1.29 is 5.11 Å². The van der Waals surface area contributed by atoms with Crippen LogP contribution in [-0.4, -0.2) is 22.7 Å². The molecule has 2 N–H and O–H groups in total. The van der Waals surface area contributed by atoms with E-state index in [1.54, 1.807) is 11.3 Å². The SMILES string of the molecule is Cc1csc(C2NCCC2O)n1. The lowest BCUT2D eigenvalue weighted by molar-refractivity contribution is 0.160. The third kappa shape index (κ3) is 1.37. The Bertz CT molecular complexity index is 274. The minimum absolute atomic E-state index is 0.0729. The molecule has 2 unspecified atom stereocenters. The number of hydrogen-bond acceptors (Lipinski definition) is 4. The van der Waals surface area contributed by atoms with Gasteiger partial charge in [-0.25, -0.2) is 4.98 Å². The molecule has 1 saturated heterocycles. The fourth-order valence-electron chi connectivity index (χ4n) is 1.46. The first-order valence-corrected chi connectivity index (χ1v) is 4.99. The van der Waals surface area contributed by atoms with Crippen molar-refractivity contribution in [3.05, 3.63) is 16.1 Å². The zero-order chi connectivity index (χ0) is 8.55. The Morgan fingerprint density at radius 3 is 3.08 bits per heavy atom. The van der Waals surface area contributed by atoms with Gasteiger partial charge >= 0.3 is 0 Å². The van der Waals surface area contributed by atoms with Crippen LogP contribution in [0.15, 0.2) is 5.38 Å². The molecule has 2 heterocycles. The van der Waals surface area contributed by atoms with Crippen molar-refractivity contribution in [2.24, 2.45) is 0 Å². The van der Waals surface area contributed by atoms with Gasteiger partial charge < -0.3 is 10.4 Å². The van der Waals surface area contributed by atoms with Crippen LogP contribution in [0.4, 0.5) is 0 Å². The highest BCUT2D eigenvalue weighted by molar-refractivity contribution is 7.09. The fourth-order valence-corrected chi connectivity index (χ4v) is 2.38. The molecular formula is C8H12N2OS. The van der Waals surface area contributed by atoms with Gasteiger partial charge in [-0.05, 0) is 19.9 Å². The summed E-state index contributed by atoms with van der Waals surface area (Å²) in [5.74, 6) is 0. The van der Waals surface area contributed by atoms with Crippen molar-refractivity contribution in [3.63, 3.8) is 0 Å². The van der Waals surface area contributed by atoms with Gasteiger partial charge in [0.05, 0.1) is 12.1 Å². The van der Waals surface area contributed by atoms with Crippen molar-refractivity contribution in [2.45, 2.75) is 25.5 Å². The number of nitrogens with zero attached hydrogens (tertiary/aromatic N) is 1. The number of thiazole rings is 1. The Morgan fingerprint density at radius 1 is 1.75 bits per heavy atom. The Labute approximate surface area is 75.5 Å². The van der Waals surface area contributed by atoms with Crippen LogP contribution >= 0.6 is 11.3 Å². The van der Waals surface area contributed by atoms with Crippen molar-refractivity contribution in [2.75, 3.05) is 6.54 Å². The summed E-state index contributed by atoms with van der Waals surface area (Å²) in [7, 11) is 0. The van der Waals surface area contributed by atoms with Gasteiger partial charge in [0.25, 0.3) is 0 Å². The smallest absolute Gasteiger partial charge is 0.112 e. The summed E-state index contributed by atoms with van der Waals surface area (Å²) in [5, 5.41) is 15.8. The number of aryl methyl sites for hydroxylation is 1. The molecule has 1 fully saturated rings. The lowest BCUT2D eigenvalue weighted by Crippen LogP contribution is -2.20. The van der Waals surface area contributed by atoms with Gasteiger partial charge in [-0.15, -0.1) is 11.3 Å². The van der Waals surface area contributed by atoms with E-state index in [2.05, 4.69) is 10.3 Å². The Morgan fingerprint density at radius 2 is 2.58 bits per heavy atom. The first-order valence-electron chi connectivity index (χ1n) is 4.11. The van der Waals surface area contributed by atoms with Crippen LogP contribution in [0.25, 0.3) is 0 Å². The number of aromatic nitrogens is 1. The average molecular weight is 184 g/mol. The maximum absolute atomic E-state index is 9.56. The second-order valence-electron chi connectivity index (χ2n) is 3.11. The highest BCUT2D eigenvalue weighted by atomic mass is 32.1. The zero-order valence-corrected chi connectivity index (χ0v) is 7.77. The molecule has 0 aromatic carbocycles. The van der Waals surface area contributed by atoms with E-state index in [9.17, 15) is 5.11 Å². The summed E-state index contributed by atoms with van der Waals surface area (Å²) in [6.45, 7) is 2.87. The molecule has 1 aromatic heterocycles. The summed E-state index contributed by atoms with van der Waals surface area (Å²) in [6.07, 6.45) is 0.582. The van der Waals surface area contributed by atoms with Crippen molar-refractivity contribution in [1.29, 1.82) is 0 Å². The molecule has 2 rings (SSSR count). The standard InChI is InChI=1S/C8H12N2OS/c1-5-4-12-8(10-5)7-6(11)2-3-9-7/h4,6-7,9,11H,2-3H2,1H3. The number of nitrogens with one attached hydrogen (secondary N) is 1. The number of aliphatic hydroxyl groups excluding tert-OH is 1. The van der Waals surface area contributed by atoms with Crippen LogP contribution in [0, 0.1) is 6.92 Å². The molecule has 66 valence electrons. The molecule has 4 heteroatoms. The monoisotopic (exact) mass is 184 g/mol. The van der Waals surface area contributed by atoms with Gasteiger partial charge in [0.1, 0.15) is 5.01 Å². The van der Waals surface area contributed by atoms with E-state index in [0.29, 0.717) is 0 Å². The van der Waals surface area contributed by atoms with E-state index in [1.165, 1.54) is 0 Å². The third-order valence-corrected chi connectivity index (χ3v) is 3.14. The average Bonchev–Trinajstić information content (AvgIpc) is 2.58. The molecule has 12 heavy (non-hydrogen) atoms. The first kappa shape index (κ1) is 8.16. The molecule has 0 aliphatic carbocycles. The zero-order valence-electron chi connectivity index (χ0n) is 6.95. The number of aliphatic hydroxyl groups is 1. The second kappa shape index (κ2) is 3.12. The van der Waals surface area contributed by atoms with E-state index in [-0.39, 0.29) is 12.1 Å². The molecule has 0 saturated carbocycles. The Kier molecular flexibility index (Phi) is 2.12. The molecule has 0 amide bonds. The summed E-state index contributed by atoms with van der Waals surface area (Å²) in [5.41, 5.74) is 1.04. The molecule has 0 radical (unpaired) electrons.